The number of benzene rings is 1. The summed E-state index contributed by atoms with van der Waals surface area (Å²) in [5.74, 6) is -0.606. The van der Waals surface area contributed by atoms with Crippen LogP contribution in [0.5, 0.6) is 0 Å². The molecule has 0 spiro atoms. The van der Waals surface area contributed by atoms with Crippen molar-refractivity contribution in [3.8, 4) is 0 Å². The van der Waals surface area contributed by atoms with Crippen LogP contribution in [0.25, 0.3) is 0 Å². The Hall–Kier alpha value is -1.49. The molecular weight excluding hydrogens is 515 g/mol. The van der Waals surface area contributed by atoms with Crippen LogP contribution in [0, 0.1) is 11.6 Å². The quantitative estimate of drug-likeness (QED) is 0.349. The molecule has 0 bridgehead atoms. The van der Waals surface area contributed by atoms with E-state index in [9.17, 15) is 13.6 Å². The van der Waals surface area contributed by atoms with E-state index >= 15 is 0 Å². The Kier molecular flexibility index (Phi) is 9.92. The van der Waals surface area contributed by atoms with Gasteiger partial charge in [0.25, 0.3) is 0 Å². The fourth-order valence-electron chi connectivity index (χ4n) is 4.19. The van der Waals surface area contributed by atoms with Gasteiger partial charge in [0.2, 0.25) is 5.91 Å². The fourth-order valence-corrected chi connectivity index (χ4v) is 4.19. The van der Waals surface area contributed by atoms with Crippen molar-refractivity contribution in [1.82, 2.24) is 20.0 Å². The van der Waals surface area contributed by atoms with Crippen LogP contribution in [-0.4, -0.2) is 85.5 Å². The zero-order valence-electron chi connectivity index (χ0n) is 18.6. The number of hydrogen-bond acceptors (Lipinski definition) is 3. The van der Waals surface area contributed by atoms with Gasteiger partial charge < -0.3 is 15.1 Å². The molecule has 2 saturated heterocycles. The van der Waals surface area contributed by atoms with Gasteiger partial charge in [-0.25, -0.2) is 8.78 Å². The minimum atomic E-state index is -0.829. The highest BCUT2D eigenvalue weighted by Crippen LogP contribution is 2.18. The Balaban J connectivity index is 0.00000341. The summed E-state index contributed by atoms with van der Waals surface area (Å²) in [6.45, 7) is 9.50. The van der Waals surface area contributed by atoms with E-state index < -0.39 is 11.6 Å². The van der Waals surface area contributed by atoms with Crippen LogP contribution < -0.4 is 5.32 Å². The largest absolute Gasteiger partial charge is 0.356 e. The third-order valence-corrected chi connectivity index (χ3v) is 6.23. The highest BCUT2D eigenvalue weighted by Gasteiger charge is 2.30. The second-order valence-corrected chi connectivity index (χ2v) is 8.23. The van der Waals surface area contributed by atoms with Gasteiger partial charge in [0, 0.05) is 52.9 Å². The third-order valence-electron chi connectivity index (χ3n) is 6.23. The summed E-state index contributed by atoms with van der Waals surface area (Å²) in [6.07, 6.45) is 2.22. The smallest absolute Gasteiger partial charge is 0.239 e. The molecule has 6 nitrogen and oxygen atoms in total. The molecule has 2 fully saturated rings. The monoisotopic (exact) mass is 549 g/mol. The predicted molar refractivity (Wildman–Crippen MR) is 130 cm³/mol. The average Bonchev–Trinajstić information content (AvgIpc) is 3.30. The first-order chi connectivity index (χ1) is 14.4. The van der Waals surface area contributed by atoms with E-state index in [0.717, 1.165) is 63.6 Å². The molecule has 2 aliphatic heterocycles. The number of carbonyl (C=O) groups excluding carboxylic acids is 1. The van der Waals surface area contributed by atoms with Crippen molar-refractivity contribution in [1.29, 1.82) is 0 Å². The number of carbonyl (C=O) groups is 1. The molecule has 31 heavy (non-hydrogen) atoms. The van der Waals surface area contributed by atoms with Crippen molar-refractivity contribution < 1.29 is 13.6 Å². The molecule has 174 valence electrons. The highest BCUT2D eigenvalue weighted by atomic mass is 127. The van der Waals surface area contributed by atoms with E-state index in [4.69, 9.17) is 0 Å². The summed E-state index contributed by atoms with van der Waals surface area (Å²) >= 11 is 0. The van der Waals surface area contributed by atoms with Gasteiger partial charge in [-0.1, -0.05) is 13.0 Å². The molecule has 9 heteroatoms. The Bertz CT molecular complexity index is 764. The van der Waals surface area contributed by atoms with Crippen LogP contribution in [0.2, 0.25) is 0 Å². The highest BCUT2D eigenvalue weighted by molar-refractivity contribution is 14.0. The molecular formula is C22H34F2IN5O. The second-order valence-electron chi connectivity index (χ2n) is 8.23. The first-order valence-electron chi connectivity index (χ1n) is 10.8. The van der Waals surface area contributed by atoms with Gasteiger partial charge in [-0.2, -0.15) is 0 Å². The first-order valence-corrected chi connectivity index (χ1v) is 10.8. The molecule has 0 aliphatic carbocycles. The van der Waals surface area contributed by atoms with Crippen LogP contribution in [0.15, 0.2) is 23.2 Å². The number of likely N-dealkylation sites (tertiary alicyclic amines) is 1. The summed E-state index contributed by atoms with van der Waals surface area (Å²) < 4.78 is 26.6. The zero-order valence-corrected chi connectivity index (χ0v) is 20.9. The van der Waals surface area contributed by atoms with Crippen molar-refractivity contribution in [3.63, 3.8) is 0 Å². The van der Waals surface area contributed by atoms with Gasteiger partial charge in [-0.15, -0.1) is 24.0 Å². The number of nitrogens with one attached hydrogen (secondary N) is 1. The molecule has 1 amide bonds. The summed E-state index contributed by atoms with van der Waals surface area (Å²) in [7, 11) is 1.75. The van der Waals surface area contributed by atoms with Gasteiger partial charge in [0.05, 0.1) is 6.04 Å². The van der Waals surface area contributed by atoms with Gasteiger partial charge >= 0.3 is 0 Å². The van der Waals surface area contributed by atoms with E-state index in [1.807, 2.05) is 18.7 Å². The van der Waals surface area contributed by atoms with Crippen LogP contribution >= 0.6 is 24.0 Å². The second kappa shape index (κ2) is 11.9. The lowest BCUT2D eigenvalue weighted by Gasteiger charge is -2.39. The Labute approximate surface area is 201 Å². The zero-order chi connectivity index (χ0) is 21.7. The molecule has 2 heterocycles. The molecule has 2 unspecified atom stereocenters. The summed E-state index contributed by atoms with van der Waals surface area (Å²) in [4.78, 5) is 23.4. The van der Waals surface area contributed by atoms with Crippen molar-refractivity contribution in [2.24, 2.45) is 4.99 Å². The van der Waals surface area contributed by atoms with Crippen molar-refractivity contribution in [2.75, 3.05) is 52.9 Å². The van der Waals surface area contributed by atoms with Gasteiger partial charge in [0.1, 0.15) is 0 Å². The molecule has 1 N–H and O–H groups in total. The molecule has 0 saturated carbocycles. The van der Waals surface area contributed by atoms with Crippen LogP contribution in [0.1, 0.15) is 38.2 Å². The topological polar surface area (TPSA) is 51.2 Å². The number of hydrogen-bond donors (Lipinski definition) is 1. The summed E-state index contributed by atoms with van der Waals surface area (Å²) in [6, 6.07) is 3.95. The standard InChI is InChI=1S/C22H33F2N5O.HI/c1-16(18-6-7-19(23)20(24)14-18)15-26-22(25-3)29-12-10-27(11-13-29)17(2)21(30)28-8-4-5-9-28;/h6-7,14,16-17H,4-5,8-13,15H2,1-3H3,(H,25,26);1H. The maximum absolute atomic E-state index is 13.5. The summed E-state index contributed by atoms with van der Waals surface area (Å²) in [5, 5.41) is 3.35. The molecule has 1 aromatic carbocycles. The van der Waals surface area contributed by atoms with Gasteiger partial charge in [0.15, 0.2) is 17.6 Å². The van der Waals surface area contributed by atoms with E-state index in [2.05, 4.69) is 20.1 Å². The minimum Gasteiger partial charge on any atom is -0.356 e. The number of rotatable bonds is 5. The first kappa shape index (κ1) is 25.8. The molecule has 0 aromatic heterocycles. The Morgan fingerprint density at radius 2 is 1.68 bits per heavy atom. The Morgan fingerprint density at radius 1 is 1.03 bits per heavy atom. The van der Waals surface area contributed by atoms with E-state index in [1.165, 1.54) is 12.1 Å². The Morgan fingerprint density at radius 3 is 2.26 bits per heavy atom. The average molecular weight is 549 g/mol. The number of aliphatic imine (C=N–C) groups is 1. The van der Waals surface area contributed by atoms with Gasteiger partial charge in [-0.05, 0) is 43.4 Å². The molecule has 1 aromatic rings. The maximum Gasteiger partial charge on any atom is 0.239 e. The van der Waals surface area contributed by atoms with Crippen LogP contribution in [-0.2, 0) is 4.79 Å². The van der Waals surface area contributed by atoms with Gasteiger partial charge in [-0.3, -0.25) is 14.7 Å². The predicted octanol–water partition coefficient (Wildman–Crippen LogP) is 2.89. The van der Waals surface area contributed by atoms with Crippen molar-refractivity contribution >= 4 is 35.8 Å². The lowest BCUT2D eigenvalue weighted by molar-refractivity contribution is -0.135. The van der Waals surface area contributed by atoms with Crippen molar-refractivity contribution in [3.05, 3.63) is 35.4 Å². The number of nitrogens with zero attached hydrogens (tertiary/aromatic N) is 4. The van der Waals surface area contributed by atoms with E-state index in [-0.39, 0.29) is 41.8 Å². The molecule has 3 rings (SSSR count). The lowest BCUT2D eigenvalue weighted by atomic mass is 10.0. The van der Waals surface area contributed by atoms with E-state index in [0.29, 0.717) is 6.54 Å². The number of halogens is 3. The lowest BCUT2D eigenvalue weighted by Crippen LogP contribution is -2.57. The third kappa shape index (κ3) is 6.50. The van der Waals surface area contributed by atoms with Crippen molar-refractivity contribution in [2.45, 2.75) is 38.6 Å². The molecule has 0 radical (unpaired) electrons. The van der Waals surface area contributed by atoms with E-state index in [1.54, 1.807) is 13.1 Å². The fraction of sp³-hybridized carbons (Fsp3) is 0.636. The summed E-state index contributed by atoms with van der Waals surface area (Å²) in [5.41, 5.74) is 0.746. The number of amides is 1. The number of guanidine groups is 1. The number of piperazine rings is 1. The van der Waals surface area contributed by atoms with Crippen LogP contribution in [0.3, 0.4) is 0 Å². The molecule has 2 atom stereocenters. The van der Waals surface area contributed by atoms with Crippen LogP contribution in [0.4, 0.5) is 8.78 Å². The molecule has 2 aliphatic rings. The minimum absolute atomic E-state index is 0. The normalized spacial score (nSPS) is 19.7. The maximum atomic E-state index is 13.5. The SMILES string of the molecule is CN=C(NCC(C)c1ccc(F)c(F)c1)N1CCN(C(C)C(=O)N2CCCC2)CC1.I.